The summed E-state index contributed by atoms with van der Waals surface area (Å²) in [6.07, 6.45) is 4.54. The van der Waals surface area contributed by atoms with Gasteiger partial charge in [-0.1, -0.05) is 43.7 Å². The normalized spacial score (nSPS) is 30.1. The van der Waals surface area contributed by atoms with E-state index >= 15 is 0 Å². The van der Waals surface area contributed by atoms with Crippen LogP contribution in [0.4, 0.5) is 0 Å². The Kier molecular flexibility index (Phi) is 7.67. The van der Waals surface area contributed by atoms with Crippen molar-refractivity contribution in [2.45, 2.75) is 70.2 Å². The van der Waals surface area contributed by atoms with E-state index in [4.69, 9.17) is 0 Å². The predicted octanol–water partition coefficient (Wildman–Crippen LogP) is 1.97. The number of fused-ring (bicyclic) bond motifs is 1. The Morgan fingerprint density at radius 1 is 1.14 bits per heavy atom. The van der Waals surface area contributed by atoms with Gasteiger partial charge in [0.05, 0.1) is 18.2 Å². The Bertz CT molecular complexity index is 677. The average Bonchev–Trinajstić information content (AvgIpc) is 3.10. The highest BCUT2D eigenvalue weighted by atomic mass is 16.3. The predicted molar refractivity (Wildman–Crippen MR) is 113 cm³/mol. The maximum Gasteiger partial charge on any atom is 0.237 e. The molecule has 0 aliphatic heterocycles. The van der Waals surface area contributed by atoms with E-state index in [1.165, 1.54) is 0 Å². The number of rotatable bonds is 7. The number of carbonyl (C=O) groups excluding carboxylic acids is 2. The third kappa shape index (κ3) is 5.17. The van der Waals surface area contributed by atoms with E-state index in [0.717, 1.165) is 37.7 Å². The number of benzene rings is 1. The van der Waals surface area contributed by atoms with E-state index in [0.29, 0.717) is 18.9 Å². The third-order valence-electron chi connectivity index (χ3n) is 6.80. The molecule has 0 spiro atoms. The van der Waals surface area contributed by atoms with Crippen molar-refractivity contribution < 1.29 is 14.7 Å². The van der Waals surface area contributed by atoms with Crippen LogP contribution >= 0.6 is 0 Å². The molecule has 0 saturated heterocycles. The number of hydrogen-bond donors (Lipinski definition) is 4. The molecule has 0 heterocycles. The summed E-state index contributed by atoms with van der Waals surface area (Å²) in [6.45, 7) is 2.47. The highest BCUT2D eigenvalue weighted by Gasteiger charge is 2.47. The summed E-state index contributed by atoms with van der Waals surface area (Å²) in [5.41, 5.74) is 1.07. The Balaban J connectivity index is 1.65. The first-order valence-corrected chi connectivity index (χ1v) is 11.0. The van der Waals surface area contributed by atoms with Gasteiger partial charge in [0, 0.05) is 18.4 Å². The topological polar surface area (TPSA) is 90.5 Å². The van der Waals surface area contributed by atoms with Crippen LogP contribution < -0.4 is 16.0 Å². The number of amides is 2. The molecular formula is C23H35N3O3. The number of aliphatic hydroxyl groups is 1. The minimum absolute atomic E-state index is 0.0223. The second kappa shape index (κ2) is 10.2. The van der Waals surface area contributed by atoms with Crippen LogP contribution in [-0.2, 0) is 16.1 Å². The second-order valence-electron chi connectivity index (χ2n) is 8.51. The van der Waals surface area contributed by atoms with Crippen molar-refractivity contribution in [1.82, 2.24) is 16.0 Å². The molecule has 160 valence electrons. The van der Waals surface area contributed by atoms with Gasteiger partial charge >= 0.3 is 0 Å². The molecule has 3 rings (SSSR count). The molecule has 6 atom stereocenters. The lowest BCUT2D eigenvalue weighted by Gasteiger charge is -2.32. The van der Waals surface area contributed by atoms with Gasteiger partial charge in [0.2, 0.25) is 11.8 Å². The Morgan fingerprint density at radius 3 is 2.59 bits per heavy atom. The van der Waals surface area contributed by atoms with E-state index in [-0.39, 0.29) is 35.7 Å². The highest BCUT2D eigenvalue weighted by molar-refractivity contribution is 5.82. The van der Waals surface area contributed by atoms with Crippen LogP contribution in [-0.4, -0.2) is 42.2 Å². The number of hydrogen-bond acceptors (Lipinski definition) is 4. The lowest BCUT2D eigenvalue weighted by atomic mass is 9.82. The van der Waals surface area contributed by atoms with Gasteiger partial charge in [0.25, 0.3) is 0 Å². The van der Waals surface area contributed by atoms with Gasteiger partial charge in [-0.15, -0.1) is 0 Å². The lowest BCUT2D eigenvalue weighted by Crippen LogP contribution is -2.53. The highest BCUT2D eigenvalue weighted by Crippen LogP contribution is 2.45. The molecule has 2 aliphatic carbocycles. The summed E-state index contributed by atoms with van der Waals surface area (Å²) in [7, 11) is 1.78. The Labute approximate surface area is 173 Å². The zero-order valence-corrected chi connectivity index (χ0v) is 17.6. The number of carbonyl (C=O) groups is 2. The summed E-state index contributed by atoms with van der Waals surface area (Å²) in [5.74, 6) is 0.0241. The monoisotopic (exact) mass is 401 g/mol. The smallest absolute Gasteiger partial charge is 0.237 e. The Morgan fingerprint density at radius 2 is 1.90 bits per heavy atom. The molecule has 0 aromatic heterocycles. The SMILES string of the molecule is CC[C@H](NC)C(=O)N[C@H]1CCC[C@H]2CC[C@@H](C(=O)NCc3ccccc3)[C@@H]2[C@H]1O. The maximum absolute atomic E-state index is 12.9. The van der Waals surface area contributed by atoms with Gasteiger partial charge < -0.3 is 21.1 Å². The third-order valence-corrected chi connectivity index (χ3v) is 6.80. The van der Waals surface area contributed by atoms with Crippen LogP contribution in [0.1, 0.15) is 51.0 Å². The fourth-order valence-electron chi connectivity index (χ4n) is 5.18. The molecule has 6 nitrogen and oxygen atoms in total. The largest absolute Gasteiger partial charge is 0.391 e. The van der Waals surface area contributed by atoms with Crippen LogP contribution in [0, 0.1) is 17.8 Å². The number of likely N-dealkylation sites (N-methyl/N-ethyl adjacent to an activating group) is 1. The fourth-order valence-corrected chi connectivity index (χ4v) is 5.18. The van der Waals surface area contributed by atoms with Crippen molar-refractivity contribution in [1.29, 1.82) is 0 Å². The van der Waals surface area contributed by atoms with E-state index < -0.39 is 6.10 Å². The summed E-state index contributed by atoms with van der Waals surface area (Å²) in [6, 6.07) is 9.33. The molecular weight excluding hydrogens is 366 g/mol. The summed E-state index contributed by atoms with van der Waals surface area (Å²) in [5, 5.41) is 20.3. The molecule has 2 aliphatic rings. The average molecular weight is 402 g/mol. The molecule has 29 heavy (non-hydrogen) atoms. The van der Waals surface area contributed by atoms with Gasteiger partial charge in [-0.2, -0.15) is 0 Å². The van der Waals surface area contributed by atoms with Crippen LogP contribution in [0.25, 0.3) is 0 Å². The van der Waals surface area contributed by atoms with Crippen LogP contribution in [0.5, 0.6) is 0 Å². The maximum atomic E-state index is 12.9. The quantitative estimate of drug-likeness (QED) is 0.562. The summed E-state index contributed by atoms with van der Waals surface area (Å²) >= 11 is 0. The van der Waals surface area contributed by atoms with Gasteiger partial charge in [0.15, 0.2) is 0 Å². The van der Waals surface area contributed by atoms with Crippen LogP contribution in [0.2, 0.25) is 0 Å². The molecule has 1 aromatic carbocycles. The zero-order valence-electron chi connectivity index (χ0n) is 17.6. The minimum atomic E-state index is -0.684. The van der Waals surface area contributed by atoms with E-state index in [1.807, 2.05) is 37.3 Å². The van der Waals surface area contributed by atoms with Crippen molar-refractivity contribution in [3.63, 3.8) is 0 Å². The van der Waals surface area contributed by atoms with Crippen LogP contribution in [0.15, 0.2) is 30.3 Å². The Hall–Kier alpha value is -1.92. The summed E-state index contributed by atoms with van der Waals surface area (Å²) < 4.78 is 0. The number of aliphatic hydroxyl groups excluding tert-OH is 1. The van der Waals surface area contributed by atoms with Gasteiger partial charge in [-0.3, -0.25) is 9.59 Å². The van der Waals surface area contributed by atoms with Crippen molar-refractivity contribution in [2.24, 2.45) is 17.8 Å². The molecule has 0 radical (unpaired) electrons. The second-order valence-corrected chi connectivity index (χ2v) is 8.51. The van der Waals surface area contributed by atoms with Crippen molar-refractivity contribution in [2.75, 3.05) is 7.05 Å². The zero-order chi connectivity index (χ0) is 20.8. The molecule has 0 bridgehead atoms. The molecule has 4 N–H and O–H groups in total. The van der Waals surface area contributed by atoms with Gasteiger partial charge in [-0.25, -0.2) is 0 Å². The van der Waals surface area contributed by atoms with Crippen molar-refractivity contribution in [3.8, 4) is 0 Å². The fraction of sp³-hybridized carbons (Fsp3) is 0.652. The van der Waals surface area contributed by atoms with Crippen LogP contribution in [0.3, 0.4) is 0 Å². The first-order valence-electron chi connectivity index (χ1n) is 11.0. The molecule has 0 unspecified atom stereocenters. The molecule has 1 aromatic rings. The summed E-state index contributed by atoms with van der Waals surface area (Å²) in [4.78, 5) is 25.5. The van der Waals surface area contributed by atoms with Gasteiger partial charge in [-0.05, 0) is 50.6 Å². The molecule has 2 saturated carbocycles. The lowest BCUT2D eigenvalue weighted by molar-refractivity contribution is -0.129. The molecule has 6 heteroatoms. The molecule has 2 amide bonds. The first kappa shape index (κ1) is 21.8. The van der Waals surface area contributed by atoms with Crippen molar-refractivity contribution >= 4 is 11.8 Å². The van der Waals surface area contributed by atoms with Gasteiger partial charge in [0.1, 0.15) is 0 Å². The van der Waals surface area contributed by atoms with E-state index in [2.05, 4.69) is 16.0 Å². The minimum Gasteiger partial charge on any atom is -0.391 e. The standard InChI is InChI=1S/C23H35N3O3/c1-3-18(24-2)23(29)26-19-11-7-10-16-12-13-17(20(16)21(19)27)22(28)25-14-15-8-5-4-6-9-15/h4-6,8-9,16-21,24,27H,3,7,10-14H2,1-2H3,(H,25,28)(H,26,29)/t16-,17+,18-,19-,20+,21-/m0/s1. The van der Waals surface area contributed by atoms with E-state index in [9.17, 15) is 14.7 Å². The van der Waals surface area contributed by atoms with E-state index in [1.54, 1.807) is 7.05 Å². The number of nitrogens with one attached hydrogen (secondary N) is 3. The molecule has 2 fully saturated rings. The van der Waals surface area contributed by atoms with Crippen molar-refractivity contribution in [3.05, 3.63) is 35.9 Å². The first-order chi connectivity index (χ1) is 14.0.